The van der Waals surface area contributed by atoms with Gasteiger partial charge >= 0.3 is 0 Å². The van der Waals surface area contributed by atoms with E-state index in [0.29, 0.717) is 24.5 Å². The summed E-state index contributed by atoms with van der Waals surface area (Å²) in [6.07, 6.45) is 3.96. The first kappa shape index (κ1) is 16.6. The van der Waals surface area contributed by atoms with Crippen molar-refractivity contribution in [3.05, 3.63) is 41.9 Å². The number of likely N-dealkylation sites (tertiary alicyclic amines) is 1. The molecule has 136 valence electrons. The van der Waals surface area contributed by atoms with Crippen LogP contribution in [-0.4, -0.2) is 39.6 Å². The second-order valence-electron chi connectivity index (χ2n) is 6.57. The van der Waals surface area contributed by atoms with Gasteiger partial charge in [0.1, 0.15) is 11.6 Å². The van der Waals surface area contributed by atoms with Crippen LogP contribution in [0.25, 0.3) is 11.0 Å². The van der Waals surface area contributed by atoms with Crippen LogP contribution in [-0.2, 0) is 11.2 Å². The number of aryl methyl sites for hydroxylation is 1. The topological polar surface area (TPSA) is 84.2 Å². The molecule has 1 saturated heterocycles. The average Bonchev–Trinajstić information content (AvgIpc) is 3.32. The fourth-order valence-corrected chi connectivity index (χ4v) is 3.53. The zero-order valence-corrected chi connectivity index (χ0v) is 14.8. The number of imidazole rings is 1. The highest BCUT2D eigenvalue weighted by atomic mass is 16.5. The van der Waals surface area contributed by atoms with Gasteiger partial charge in [-0.15, -0.1) is 0 Å². The van der Waals surface area contributed by atoms with Gasteiger partial charge in [0, 0.05) is 25.5 Å². The first-order chi connectivity index (χ1) is 12.7. The first-order valence-electron chi connectivity index (χ1n) is 8.98. The maximum Gasteiger partial charge on any atom is 0.254 e. The maximum absolute atomic E-state index is 12.8. The summed E-state index contributed by atoms with van der Waals surface area (Å²) in [4.78, 5) is 22.9. The zero-order valence-electron chi connectivity index (χ0n) is 14.8. The molecule has 1 aliphatic rings. The number of benzene rings is 1. The SMILES string of the molecule is COc1cc(CCC(=O)N2CCCCC2c2nc3ccccc3[nH]2)on1. The van der Waals surface area contributed by atoms with Crippen molar-refractivity contribution < 1.29 is 14.1 Å². The number of H-pyrrole nitrogens is 1. The number of aromatic nitrogens is 3. The van der Waals surface area contributed by atoms with E-state index in [9.17, 15) is 4.79 Å². The number of piperidine rings is 1. The molecule has 7 heteroatoms. The molecule has 1 amide bonds. The molecule has 1 N–H and O–H groups in total. The van der Waals surface area contributed by atoms with Gasteiger partial charge in [-0.05, 0) is 36.6 Å². The van der Waals surface area contributed by atoms with Gasteiger partial charge in [0.15, 0.2) is 0 Å². The number of rotatable bonds is 5. The summed E-state index contributed by atoms with van der Waals surface area (Å²) in [5.41, 5.74) is 1.95. The van der Waals surface area contributed by atoms with Gasteiger partial charge in [-0.1, -0.05) is 12.1 Å². The molecule has 1 atom stereocenters. The van der Waals surface area contributed by atoms with Crippen LogP contribution in [0, 0.1) is 0 Å². The Morgan fingerprint density at radius 1 is 1.38 bits per heavy atom. The minimum absolute atomic E-state index is 0.00733. The quantitative estimate of drug-likeness (QED) is 0.760. The van der Waals surface area contributed by atoms with Crippen molar-refractivity contribution in [1.82, 2.24) is 20.0 Å². The van der Waals surface area contributed by atoms with Crippen LogP contribution in [0.15, 0.2) is 34.9 Å². The van der Waals surface area contributed by atoms with Crippen LogP contribution >= 0.6 is 0 Å². The van der Waals surface area contributed by atoms with E-state index in [1.54, 1.807) is 13.2 Å². The predicted octanol–water partition coefficient (Wildman–Crippen LogP) is 3.25. The van der Waals surface area contributed by atoms with Gasteiger partial charge in [-0.25, -0.2) is 4.98 Å². The van der Waals surface area contributed by atoms with Crippen LogP contribution in [0.2, 0.25) is 0 Å². The number of aromatic amines is 1. The molecule has 0 radical (unpaired) electrons. The highest BCUT2D eigenvalue weighted by Crippen LogP contribution is 2.31. The van der Waals surface area contributed by atoms with Crippen molar-refractivity contribution in [2.45, 2.75) is 38.1 Å². The maximum atomic E-state index is 12.8. The molecule has 0 spiro atoms. The molecule has 0 saturated carbocycles. The number of ether oxygens (including phenoxy) is 1. The van der Waals surface area contributed by atoms with E-state index in [-0.39, 0.29) is 11.9 Å². The van der Waals surface area contributed by atoms with Crippen LogP contribution < -0.4 is 4.74 Å². The summed E-state index contributed by atoms with van der Waals surface area (Å²) in [6.45, 7) is 0.764. The van der Waals surface area contributed by atoms with Crippen molar-refractivity contribution in [2.75, 3.05) is 13.7 Å². The molecule has 1 unspecified atom stereocenters. The number of carbonyl (C=O) groups is 1. The molecule has 3 heterocycles. The second-order valence-corrected chi connectivity index (χ2v) is 6.57. The predicted molar refractivity (Wildman–Crippen MR) is 95.8 cm³/mol. The van der Waals surface area contributed by atoms with Gasteiger partial charge in [0.2, 0.25) is 5.91 Å². The molecule has 2 aromatic heterocycles. The molecule has 1 aliphatic heterocycles. The van der Waals surface area contributed by atoms with E-state index in [0.717, 1.165) is 42.7 Å². The van der Waals surface area contributed by atoms with E-state index < -0.39 is 0 Å². The lowest BCUT2D eigenvalue weighted by Crippen LogP contribution is -2.39. The summed E-state index contributed by atoms with van der Waals surface area (Å²) in [5.74, 6) is 2.09. The normalized spacial score (nSPS) is 17.6. The number of nitrogens with zero attached hydrogens (tertiary/aromatic N) is 3. The Balaban J connectivity index is 1.48. The van der Waals surface area contributed by atoms with Gasteiger partial charge < -0.3 is 19.1 Å². The fraction of sp³-hybridized carbons (Fsp3) is 0.421. The van der Waals surface area contributed by atoms with Crippen molar-refractivity contribution in [1.29, 1.82) is 0 Å². The number of amides is 1. The first-order valence-corrected chi connectivity index (χ1v) is 8.98. The second kappa shape index (κ2) is 7.19. The summed E-state index contributed by atoms with van der Waals surface area (Å²) >= 11 is 0. The minimum Gasteiger partial charge on any atom is -0.479 e. The Bertz CT molecular complexity index is 868. The fourth-order valence-electron chi connectivity index (χ4n) is 3.53. The Morgan fingerprint density at radius 3 is 3.08 bits per heavy atom. The Morgan fingerprint density at radius 2 is 2.27 bits per heavy atom. The average molecular weight is 354 g/mol. The van der Waals surface area contributed by atoms with Gasteiger partial charge in [-0.2, -0.15) is 0 Å². The number of nitrogens with one attached hydrogen (secondary N) is 1. The van der Waals surface area contributed by atoms with Gasteiger partial charge in [0.05, 0.1) is 24.2 Å². The summed E-state index contributed by atoms with van der Waals surface area (Å²) < 4.78 is 10.2. The molecular weight excluding hydrogens is 332 g/mol. The highest BCUT2D eigenvalue weighted by Gasteiger charge is 2.30. The Kier molecular flexibility index (Phi) is 4.60. The van der Waals surface area contributed by atoms with Crippen molar-refractivity contribution >= 4 is 16.9 Å². The van der Waals surface area contributed by atoms with Crippen molar-refractivity contribution in [2.24, 2.45) is 0 Å². The molecule has 3 aromatic rings. The largest absolute Gasteiger partial charge is 0.479 e. The zero-order chi connectivity index (χ0) is 17.9. The summed E-state index contributed by atoms with van der Waals surface area (Å²) in [6, 6.07) is 9.69. The van der Waals surface area contributed by atoms with Crippen molar-refractivity contribution in [3.8, 4) is 5.88 Å². The molecule has 26 heavy (non-hydrogen) atoms. The summed E-state index contributed by atoms with van der Waals surface area (Å²) in [7, 11) is 1.54. The number of carbonyl (C=O) groups excluding carboxylic acids is 1. The third-order valence-corrected chi connectivity index (χ3v) is 4.88. The number of para-hydroxylation sites is 2. The third kappa shape index (κ3) is 3.29. The number of hydrogen-bond donors (Lipinski definition) is 1. The molecule has 4 rings (SSSR count). The molecule has 1 fully saturated rings. The van der Waals surface area contributed by atoms with Gasteiger partial charge in [-0.3, -0.25) is 4.79 Å². The molecule has 1 aromatic carbocycles. The van der Waals surface area contributed by atoms with E-state index in [4.69, 9.17) is 14.2 Å². The number of hydrogen-bond acceptors (Lipinski definition) is 5. The molecular formula is C19H22N4O3. The van der Waals surface area contributed by atoms with E-state index >= 15 is 0 Å². The van der Waals surface area contributed by atoms with Crippen LogP contribution in [0.3, 0.4) is 0 Å². The molecule has 0 aliphatic carbocycles. The minimum atomic E-state index is 0.00733. The lowest BCUT2D eigenvalue weighted by atomic mass is 10.0. The summed E-state index contributed by atoms with van der Waals surface area (Å²) in [5, 5.41) is 3.77. The number of methoxy groups -OCH3 is 1. The lowest BCUT2D eigenvalue weighted by molar-refractivity contribution is -0.135. The van der Waals surface area contributed by atoms with Gasteiger partial charge in [0.25, 0.3) is 5.88 Å². The van der Waals surface area contributed by atoms with E-state index in [1.807, 2.05) is 29.2 Å². The van der Waals surface area contributed by atoms with E-state index in [1.165, 1.54) is 0 Å². The lowest BCUT2D eigenvalue weighted by Gasteiger charge is -2.34. The highest BCUT2D eigenvalue weighted by molar-refractivity contribution is 5.78. The Labute approximate surface area is 151 Å². The van der Waals surface area contributed by atoms with Crippen LogP contribution in [0.4, 0.5) is 0 Å². The standard InChI is InChI=1S/C19H22N4O3/c1-25-17-12-13(26-22-17)9-10-18(24)23-11-5-4-8-16(23)19-20-14-6-2-3-7-15(14)21-19/h2-3,6-7,12,16H,4-5,8-11H2,1H3,(H,20,21). The number of fused-ring (bicyclic) bond motifs is 1. The van der Waals surface area contributed by atoms with Crippen LogP contribution in [0.5, 0.6) is 5.88 Å². The van der Waals surface area contributed by atoms with E-state index in [2.05, 4.69) is 10.1 Å². The smallest absolute Gasteiger partial charge is 0.254 e. The molecule has 7 nitrogen and oxygen atoms in total. The monoisotopic (exact) mass is 354 g/mol. The third-order valence-electron chi connectivity index (χ3n) is 4.88. The van der Waals surface area contributed by atoms with Crippen LogP contribution in [0.1, 0.15) is 43.3 Å². The Hall–Kier alpha value is -2.83. The molecule has 0 bridgehead atoms. The van der Waals surface area contributed by atoms with Crippen molar-refractivity contribution in [3.63, 3.8) is 0 Å².